The van der Waals surface area contributed by atoms with E-state index >= 15 is 0 Å². The Labute approximate surface area is 169 Å². The Kier molecular flexibility index (Phi) is 7.32. The normalized spacial score (nSPS) is 16.5. The van der Waals surface area contributed by atoms with Crippen molar-refractivity contribution in [3.63, 3.8) is 0 Å². The van der Waals surface area contributed by atoms with Gasteiger partial charge in [0.15, 0.2) is 0 Å². The number of benzene rings is 1. The highest BCUT2D eigenvalue weighted by atomic mass is 19.1. The van der Waals surface area contributed by atoms with E-state index in [0.717, 1.165) is 56.6 Å². The van der Waals surface area contributed by atoms with Crippen molar-refractivity contribution < 1.29 is 13.6 Å². The highest BCUT2D eigenvalue weighted by Crippen LogP contribution is 2.25. The summed E-state index contributed by atoms with van der Waals surface area (Å²) < 4.78 is 26.4. The van der Waals surface area contributed by atoms with Gasteiger partial charge in [0.2, 0.25) is 5.91 Å². The molecule has 1 aromatic carbocycles. The van der Waals surface area contributed by atoms with Gasteiger partial charge in [0, 0.05) is 44.7 Å². The van der Waals surface area contributed by atoms with Crippen LogP contribution in [0.4, 0.5) is 20.4 Å². The van der Waals surface area contributed by atoms with Crippen molar-refractivity contribution in [1.82, 2.24) is 15.3 Å². The van der Waals surface area contributed by atoms with E-state index in [9.17, 15) is 13.6 Å². The molecule has 1 fully saturated rings. The molecule has 2 aromatic rings. The van der Waals surface area contributed by atoms with Gasteiger partial charge in [-0.05, 0) is 49.8 Å². The molecule has 1 aliphatic rings. The van der Waals surface area contributed by atoms with Gasteiger partial charge in [-0.2, -0.15) is 0 Å². The number of piperidine rings is 1. The van der Waals surface area contributed by atoms with Crippen molar-refractivity contribution in [2.24, 2.45) is 5.92 Å². The van der Waals surface area contributed by atoms with E-state index in [2.05, 4.69) is 25.5 Å². The second-order valence-corrected chi connectivity index (χ2v) is 7.34. The van der Waals surface area contributed by atoms with Gasteiger partial charge in [-0.15, -0.1) is 0 Å². The molecule has 2 N–H and O–H groups in total. The molecule has 1 aliphatic heterocycles. The molecule has 156 valence electrons. The van der Waals surface area contributed by atoms with E-state index < -0.39 is 11.6 Å². The summed E-state index contributed by atoms with van der Waals surface area (Å²) in [5.74, 6) is 0.727. The lowest BCUT2D eigenvalue weighted by Gasteiger charge is -2.33. The van der Waals surface area contributed by atoms with Gasteiger partial charge in [-0.3, -0.25) is 4.79 Å². The number of nitrogens with zero attached hydrogens (tertiary/aromatic N) is 3. The molecule has 0 spiro atoms. The number of aromatic nitrogens is 2. The predicted octanol–water partition coefficient (Wildman–Crippen LogP) is 3.50. The first-order chi connectivity index (χ1) is 14.0. The summed E-state index contributed by atoms with van der Waals surface area (Å²) >= 11 is 0. The average molecular weight is 403 g/mol. The zero-order valence-electron chi connectivity index (χ0n) is 16.6. The van der Waals surface area contributed by atoms with E-state index in [1.807, 2.05) is 13.0 Å². The molecule has 6 nitrogen and oxygen atoms in total. The van der Waals surface area contributed by atoms with Crippen LogP contribution in [0.1, 0.15) is 38.2 Å². The van der Waals surface area contributed by atoms with Crippen LogP contribution in [0, 0.1) is 17.6 Å². The molecular formula is C21H27F2N5O. The second kappa shape index (κ2) is 10.1. The zero-order valence-corrected chi connectivity index (χ0v) is 16.6. The molecule has 3 rings (SSSR count). The minimum atomic E-state index is -0.640. The summed E-state index contributed by atoms with van der Waals surface area (Å²) in [5, 5.41) is 5.94. The molecule has 8 heteroatoms. The van der Waals surface area contributed by atoms with Gasteiger partial charge >= 0.3 is 0 Å². The first kappa shape index (κ1) is 21.0. The molecule has 0 unspecified atom stereocenters. The number of halogens is 2. The van der Waals surface area contributed by atoms with Crippen LogP contribution in [0.15, 0.2) is 30.6 Å². The van der Waals surface area contributed by atoms with E-state index in [1.54, 1.807) is 6.33 Å². The third kappa shape index (κ3) is 6.37. The van der Waals surface area contributed by atoms with Crippen molar-refractivity contribution in [3.05, 3.63) is 47.8 Å². The van der Waals surface area contributed by atoms with Crippen LogP contribution in [-0.4, -0.2) is 35.5 Å². The molecule has 1 saturated heterocycles. The summed E-state index contributed by atoms with van der Waals surface area (Å²) in [6.45, 7) is 4.74. The van der Waals surface area contributed by atoms with Gasteiger partial charge in [-0.1, -0.05) is 0 Å². The molecule has 29 heavy (non-hydrogen) atoms. The zero-order chi connectivity index (χ0) is 20.6. The Hall–Kier alpha value is -2.77. The fourth-order valence-corrected chi connectivity index (χ4v) is 3.64. The molecule has 1 aromatic heterocycles. The highest BCUT2D eigenvalue weighted by Gasteiger charge is 2.22. The summed E-state index contributed by atoms with van der Waals surface area (Å²) in [6, 6.07) is 5.23. The van der Waals surface area contributed by atoms with E-state index in [-0.39, 0.29) is 12.5 Å². The Bertz CT molecular complexity index is 812. The van der Waals surface area contributed by atoms with Crippen molar-refractivity contribution in [2.75, 3.05) is 29.9 Å². The summed E-state index contributed by atoms with van der Waals surface area (Å²) in [7, 11) is 0. The molecule has 0 saturated carbocycles. The first-order valence-electron chi connectivity index (χ1n) is 10.1. The van der Waals surface area contributed by atoms with Crippen molar-refractivity contribution in [3.8, 4) is 0 Å². The Morgan fingerprint density at radius 2 is 2.00 bits per heavy atom. The predicted molar refractivity (Wildman–Crippen MR) is 109 cm³/mol. The minimum Gasteiger partial charge on any atom is -0.370 e. The topological polar surface area (TPSA) is 70.2 Å². The SMILES string of the molecule is CCNc1cc(N2CCC[C@H](CCC(=O)NCc3cc(F)cc(F)c3)C2)ncn1. The standard InChI is InChI=1S/C21H27F2N5O/c1-2-24-19-11-20(27-14-26-19)28-7-3-4-15(13-28)5-6-21(29)25-12-16-8-17(22)10-18(23)9-16/h8-11,14-15H,2-7,12-13H2,1H3,(H,25,29)(H,24,26,27)/t15-/m1/s1. The van der Waals surface area contributed by atoms with Gasteiger partial charge in [0.05, 0.1) is 0 Å². The van der Waals surface area contributed by atoms with Crippen LogP contribution in [-0.2, 0) is 11.3 Å². The molecule has 2 heterocycles. The van der Waals surface area contributed by atoms with Gasteiger partial charge in [0.1, 0.15) is 29.6 Å². The number of carbonyl (C=O) groups is 1. The fraction of sp³-hybridized carbons (Fsp3) is 0.476. The van der Waals surface area contributed by atoms with Crippen LogP contribution in [0.5, 0.6) is 0 Å². The fourth-order valence-electron chi connectivity index (χ4n) is 3.64. The number of carbonyl (C=O) groups excluding carboxylic acids is 1. The molecule has 1 atom stereocenters. The number of rotatable bonds is 8. The smallest absolute Gasteiger partial charge is 0.220 e. The van der Waals surface area contributed by atoms with E-state index in [1.165, 1.54) is 12.1 Å². The van der Waals surface area contributed by atoms with E-state index in [4.69, 9.17) is 0 Å². The first-order valence-corrected chi connectivity index (χ1v) is 10.1. The summed E-state index contributed by atoms with van der Waals surface area (Å²) in [4.78, 5) is 23.0. The molecule has 0 aliphatic carbocycles. The average Bonchev–Trinajstić information content (AvgIpc) is 2.71. The summed E-state index contributed by atoms with van der Waals surface area (Å²) in [6.07, 6.45) is 4.85. The van der Waals surface area contributed by atoms with Crippen LogP contribution >= 0.6 is 0 Å². The van der Waals surface area contributed by atoms with Gasteiger partial charge < -0.3 is 15.5 Å². The maximum Gasteiger partial charge on any atom is 0.220 e. The van der Waals surface area contributed by atoms with Crippen molar-refractivity contribution >= 4 is 17.5 Å². The number of hydrogen-bond acceptors (Lipinski definition) is 5. The third-order valence-corrected chi connectivity index (χ3v) is 5.05. The Morgan fingerprint density at radius 1 is 1.21 bits per heavy atom. The van der Waals surface area contributed by atoms with Crippen LogP contribution < -0.4 is 15.5 Å². The number of anilines is 2. The number of amides is 1. The minimum absolute atomic E-state index is 0.108. The Morgan fingerprint density at radius 3 is 2.76 bits per heavy atom. The molecular weight excluding hydrogens is 376 g/mol. The lowest BCUT2D eigenvalue weighted by atomic mass is 9.93. The maximum absolute atomic E-state index is 13.2. The van der Waals surface area contributed by atoms with Gasteiger partial charge in [-0.25, -0.2) is 18.7 Å². The summed E-state index contributed by atoms with van der Waals surface area (Å²) in [5.41, 5.74) is 0.417. The maximum atomic E-state index is 13.2. The number of hydrogen-bond donors (Lipinski definition) is 2. The van der Waals surface area contributed by atoms with Gasteiger partial charge in [0.25, 0.3) is 0 Å². The van der Waals surface area contributed by atoms with E-state index in [0.29, 0.717) is 17.9 Å². The lowest BCUT2D eigenvalue weighted by Crippen LogP contribution is -2.36. The molecule has 0 bridgehead atoms. The second-order valence-electron chi connectivity index (χ2n) is 7.34. The van der Waals surface area contributed by atoms with Crippen LogP contribution in [0.25, 0.3) is 0 Å². The monoisotopic (exact) mass is 403 g/mol. The largest absolute Gasteiger partial charge is 0.370 e. The Balaban J connectivity index is 1.46. The number of nitrogens with one attached hydrogen (secondary N) is 2. The van der Waals surface area contributed by atoms with Crippen LogP contribution in [0.2, 0.25) is 0 Å². The van der Waals surface area contributed by atoms with Crippen LogP contribution in [0.3, 0.4) is 0 Å². The highest BCUT2D eigenvalue weighted by molar-refractivity contribution is 5.75. The quantitative estimate of drug-likeness (QED) is 0.706. The molecule has 0 radical (unpaired) electrons. The lowest BCUT2D eigenvalue weighted by molar-refractivity contribution is -0.121. The van der Waals surface area contributed by atoms with Crippen molar-refractivity contribution in [1.29, 1.82) is 0 Å². The third-order valence-electron chi connectivity index (χ3n) is 5.05. The molecule has 1 amide bonds. The van der Waals surface area contributed by atoms with Crippen molar-refractivity contribution in [2.45, 2.75) is 39.2 Å².